The van der Waals surface area contributed by atoms with Crippen molar-refractivity contribution in [3.05, 3.63) is 47.2 Å². The van der Waals surface area contributed by atoms with Gasteiger partial charge in [-0.2, -0.15) is 9.97 Å². The van der Waals surface area contributed by atoms with Crippen LogP contribution in [0.5, 0.6) is 6.01 Å². The number of ether oxygens (including phenoxy) is 2. The fourth-order valence-electron chi connectivity index (χ4n) is 4.81. The monoisotopic (exact) mass is 513 g/mol. The molecule has 0 spiro atoms. The van der Waals surface area contributed by atoms with Crippen LogP contribution in [0, 0.1) is 41.7 Å². The van der Waals surface area contributed by atoms with Crippen LogP contribution in [-0.2, 0) is 4.74 Å². The minimum atomic E-state index is -0.748. The lowest BCUT2D eigenvalue weighted by molar-refractivity contribution is 0.129. The van der Waals surface area contributed by atoms with Gasteiger partial charge >= 0.3 is 6.01 Å². The number of hydrogen-bond donors (Lipinski definition) is 1. The van der Waals surface area contributed by atoms with Crippen LogP contribution in [0.2, 0.25) is 0 Å². The smallest absolute Gasteiger partial charge is 0.318 e. The van der Waals surface area contributed by atoms with E-state index in [-0.39, 0.29) is 40.0 Å². The summed E-state index contributed by atoms with van der Waals surface area (Å²) in [7, 11) is 1.42. The average Bonchev–Trinajstić information content (AvgIpc) is 3.13. The maximum absolute atomic E-state index is 16.5. The second kappa shape index (κ2) is 10.1. The molecule has 0 saturated carbocycles. The summed E-state index contributed by atoms with van der Waals surface area (Å²) in [5, 5.41) is 1.23. The fraction of sp³-hybridized carbons (Fsp3) is 0.276. The Morgan fingerprint density at radius 2 is 2.00 bits per heavy atom. The van der Waals surface area contributed by atoms with Gasteiger partial charge in [-0.1, -0.05) is 24.8 Å². The molecule has 5 rings (SSSR count). The molecule has 4 aromatic rings. The Morgan fingerprint density at radius 1 is 1.18 bits per heavy atom. The first-order valence-electron chi connectivity index (χ1n) is 12.1. The highest BCUT2D eigenvalue weighted by molar-refractivity contribution is 6.04. The lowest BCUT2D eigenvalue weighted by atomic mass is 9.95. The molecule has 2 aromatic heterocycles. The van der Waals surface area contributed by atoms with Crippen molar-refractivity contribution in [3.8, 4) is 41.5 Å². The van der Waals surface area contributed by atoms with Gasteiger partial charge in [-0.05, 0) is 42.3 Å². The van der Waals surface area contributed by atoms with Crippen LogP contribution >= 0.6 is 0 Å². The van der Waals surface area contributed by atoms with Gasteiger partial charge in [-0.15, -0.1) is 6.42 Å². The standard InChI is InChI=1S/C29H25F2N5O2/c1-5-7-22-24-27(34-29(37-4)35-28(24)36-10-11-38-15-16(3)14-36)25(31)26(33-22)20-13-18(32)12-17-8-9-21(30)19(6-2)23(17)20/h2,8-9,12-13,16H,10-11,14-15,32H2,1,3-4H3. The number of methoxy groups -OCH3 is 1. The van der Waals surface area contributed by atoms with Crippen molar-refractivity contribution in [2.75, 3.05) is 44.0 Å². The van der Waals surface area contributed by atoms with Crippen molar-refractivity contribution in [2.45, 2.75) is 13.8 Å². The summed E-state index contributed by atoms with van der Waals surface area (Å²) >= 11 is 0. The molecule has 1 saturated heterocycles. The Hall–Kier alpha value is -4.47. The molecule has 1 aliphatic heterocycles. The minimum Gasteiger partial charge on any atom is -0.467 e. The molecule has 0 radical (unpaired) electrons. The third-order valence-corrected chi connectivity index (χ3v) is 6.40. The van der Waals surface area contributed by atoms with Crippen LogP contribution in [0.3, 0.4) is 0 Å². The Kier molecular flexibility index (Phi) is 6.71. The summed E-state index contributed by atoms with van der Waals surface area (Å²) in [6.07, 6.45) is 5.66. The predicted molar refractivity (Wildman–Crippen MR) is 144 cm³/mol. The number of fused-ring (bicyclic) bond motifs is 2. The predicted octanol–water partition coefficient (Wildman–Crippen LogP) is 4.54. The zero-order valence-electron chi connectivity index (χ0n) is 21.2. The summed E-state index contributed by atoms with van der Waals surface area (Å²) in [6, 6.07) is 5.97. The fourth-order valence-corrected chi connectivity index (χ4v) is 4.81. The molecular formula is C29H25F2N5O2. The third kappa shape index (κ3) is 4.31. The topological polar surface area (TPSA) is 86.4 Å². The summed E-state index contributed by atoms with van der Waals surface area (Å²) in [6.45, 7) is 5.97. The van der Waals surface area contributed by atoms with Crippen LogP contribution in [0.4, 0.5) is 20.3 Å². The highest BCUT2D eigenvalue weighted by Gasteiger charge is 2.27. The number of hydrogen-bond acceptors (Lipinski definition) is 7. The number of nitrogens with two attached hydrogens (primary N) is 1. The van der Waals surface area contributed by atoms with Crippen LogP contribution in [0.15, 0.2) is 24.3 Å². The summed E-state index contributed by atoms with van der Waals surface area (Å²) in [5.41, 5.74) is 6.86. The van der Waals surface area contributed by atoms with Crippen molar-refractivity contribution in [1.82, 2.24) is 15.0 Å². The molecule has 2 aromatic carbocycles. The minimum absolute atomic E-state index is 0.00966. The molecule has 0 aliphatic carbocycles. The summed E-state index contributed by atoms with van der Waals surface area (Å²) in [4.78, 5) is 15.6. The van der Waals surface area contributed by atoms with Crippen molar-refractivity contribution in [2.24, 2.45) is 5.92 Å². The number of terminal acetylenes is 1. The van der Waals surface area contributed by atoms with Gasteiger partial charge in [0.25, 0.3) is 0 Å². The van der Waals surface area contributed by atoms with E-state index in [0.717, 1.165) is 0 Å². The highest BCUT2D eigenvalue weighted by atomic mass is 19.1. The maximum atomic E-state index is 16.5. The van der Waals surface area contributed by atoms with Gasteiger partial charge in [0.15, 0.2) is 5.82 Å². The van der Waals surface area contributed by atoms with Crippen LogP contribution in [0.1, 0.15) is 25.1 Å². The maximum Gasteiger partial charge on any atom is 0.318 e. The number of halogens is 2. The quantitative estimate of drug-likeness (QED) is 0.318. The molecule has 38 heavy (non-hydrogen) atoms. The lowest BCUT2D eigenvalue weighted by Gasteiger charge is -2.25. The molecular weight excluding hydrogens is 488 g/mol. The Bertz CT molecular complexity index is 1690. The molecule has 1 fully saturated rings. The van der Waals surface area contributed by atoms with Crippen LogP contribution < -0.4 is 15.4 Å². The van der Waals surface area contributed by atoms with E-state index in [4.69, 9.17) is 21.6 Å². The van der Waals surface area contributed by atoms with E-state index >= 15 is 4.39 Å². The van der Waals surface area contributed by atoms with Gasteiger partial charge in [-0.25, -0.2) is 13.8 Å². The molecule has 0 amide bonds. The number of rotatable bonds is 3. The molecule has 9 heteroatoms. The first kappa shape index (κ1) is 25.2. The van der Waals surface area contributed by atoms with Gasteiger partial charge in [0.05, 0.1) is 31.3 Å². The van der Waals surface area contributed by atoms with E-state index in [1.54, 1.807) is 19.1 Å². The van der Waals surface area contributed by atoms with E-state index in [2.05, 4.69) is 39.6 Å². The summed E-state index contributed by atoms with van der Waals surface area (Å²) < 4.78 is 42.3. The van der Waals surface area contributed by atoms with E-state index in [1.165, 1.54) is 19.2 Å². The second-order valence-electron chi connectivity index (χ2n) is 9.11. The normalized spacial score (nSPS) is 15.6. The van der Waals surface area contributed by atoms with Gasteiger partial charge in [0.1, 0.15) is 28.5 Å². The number of aromatic nitrogens is 3. The SMILES string of the molecule is C#Cc1c(F)ccc2cc(N)cc(-c3nc(C#CC)c4c(N5CCOCC(C)C5)nc(OC)nc4c3F)c12. The van der Waals surface area contributed by atoms with Crippen molar-refractivity contribution in [3.63, 3.8) is 0 Å². The summed E-state index contributed by atoms with van der Waals surface area (Å²) in [5.74, 6) is 7.53. The Labute approximate surface area is 219 Å². The molecule has 1 unspecified atom stereocenters. The number of nitrogens with zero attached hydrogens (tertiary/aromatic N) is 4. The van der Waals surface area contributed by atoms with E-state index in [0.29, 0.717) is 54.0 Å². The van der Waals surface area contributed by atoms with Crippen molar-refractivity contribution in [1.29, 1.82) is 0 Å². The number of nitrogen functional groups attached to an aromatic ring is 1. The zero-order chi connectivity index (χ0) is 27.0. The molecule has 1 aliphatic rings. The molecule has 7 nitrogen and oxygen atoms in total. The Balaban J connectivity index is 1.89. The largest absolute Gasteiger partial charge is 0.467 e. The first-order chi connectivity index (χ1) is 18.4. The molecule has 0 bridgehead atoms. The molecule has 3 heterocycles. The highest BCUT2D eigenvalue weighted by Crippen LogP contribution is 2.39. The number of pyridine rings is 1. The van der Waals surface area contributed by atoms with Gasteiger partial charge in [-0.3, -0.25) is 0 Å². The second-order valence-corrected chi connectivity index (χ2v) is 9.11. The van der Waals surface area contributed by atoms with E-state index in [9.17, 15) is 4.39 Å². The van der Waals surface area contributed by atoms with E-state index in [1.807, 2.05) is 4.90 Å². The van der Waals surface area contributed by atoms with E-state index < -0.39 is 11.6 Å². The number of benzene rings is 2. The Morgan fingerprint density at radius 3 is 2.74 bits per heavy atom. The van der Waals surface area contributed by atoms with Gasteiger partial charge in [0.2, 0.25) is 0 Å². The van der Waals surface area contributed by atoms with Crippen LogP contribution in [-0.4, -0.2) is 48.4 Å². The van der Waals surface area contributed by atoms with Crippen molar-refractivity contribution >= 4 is 33.2 Å². The number of anilines is 2. The zero-order valence-corrected chi connectivity index (χ0v) is 21.2. The van der Waals surface area contributed by atoms with Crippen molar-refractivity contribution < 1.29 is 18.3 Å². The third-order valence-electron chi connectivity index (χ3n) is 6.40. The van der Waals surface area contributed by atoms with Gasteiger partial charge in [0, 0.05) is 29.7 Å². The average molecular weight is 514 g/mol. The van der Waals surface area contributed by atoms with Crippen LogP contribution in [0.25, 0.3) is 32.9 Å². The molecule has 2 N–H and O–H groups in total. The molecule has 192 valence electrons. The van der Waals surface area contributed by atoms with Gasteiger partial charge < -0.3 is 20.1 Å². The lowest BCUT2D eigenvalue weighted by Crippen LogP contribution is -2.30. The first-order valence-corrected chi connectivity index (χ1v) is 12.1. The molecule has 1 atom stereocenters.